The number of nitrogens with two attached hydrogens (primary N) is 1. The molecule has 1 aliphatic rings. The van der Waals surface area contributed by atoms with Crippen molar-refractivity contribution in [3.8, 4) is 0 Å². The van der Waals surface area contributed by atoms with Crippen molar-refractivity contribution in [1.82, 2.24) is 0 Å². The van der Waals surface area contributed by atoms with E-state index in [2.05, 4.69) is 6.92 Å². The summed E-state index contributed by atoms with van der Waals surface area (Å²) in [5, 5.41) is 0. The van der Waals surface area contributed by atoms with Gasteiger partial charge in [0.05, 0.1) is 0 Å². The topological polar surface area (TPSA) is 43.1 Å². The smallest absolute Gasteiger partial charge is 0.138 e. The highest BCUT2D eigenvalue weighted by Gasteiger charge is 2.24. The average molecular weight is 239 g/mol. The number of Topliss-reactive ketones (excluding diaryl/α,β-unsaturated/α-hetero) is 1. The molecule has 2 nitrogen and oxygen atoms in total. The largest absolute Gasteiger partial charge is 0.328 e. The van der Waals surface area contributed by atoms with Gasteiger partial charge in [-0.3, -0.25) is 4.79 Å². The quantitative estimate of drug-likeness (QED) is 0.718. The van der Waals surface area contributed by atoms with Crippen LogP contribution in [0.1, 0.15) is 71.6 Å². The van der Waals surface area contributed by atoms with E-state index < -0.39 is 0 Å². The monoisotopic (exact) mass is 239 g/mol. The summed E-state index contributed by atoms with van der Waals surface area (Å²) >= 11 is 0. The first-order valence-corrected chi connectivity index (χ1v) is 7.40. The zero-order valence-electron chi connectivity index (χ0n) is 11.6. The van der Waals surface area contributed by atoms with E-state index in [4.69, 9.17) is 5.73 Å². The molecule has 0 aromatic rings. The number of hydrogen-bond donors (Lipinski definition) is 1. The van der Waals surface area contributed by atoms with E-state index in [1.165, 1.54) is 25.7 Å². The number of carbonyl (C=O) groups is 1. The molecule has 0 aliphatic heterocycles. The third-order valence-electron chi connectivity index (χ3n) is 4.04. The van der Waals surface area contributed by atoms with Crippen LogP contribution in [0, 0.1) is 11.8 Å². The molecule has 0 aromatic heterocycles. The lowest BCUT2D eigenvalue weighted by molar-refractivity contribution is -0.126. The van der Waals surface area contributed by atoms with Crippen molar-refractivity contribution >= 4 is 5.78 Å². The minimum absolute atomic E-state index is 0.247. The zero-order valence-corrected chi connectivity index (χ0v) is 11.6. The maximum Gasteiger partial charge on any atom is 0.138 e. The Hall–Kier alpha value is -0.370. The summed E-state index contributed by atoms with van der Waals surface area (Å²) in [6.45, 7) is 4.15. The lowest BCUT2D eigenvalue weighted by Gasteiger charge is -2.18. The second kappa shape index (κ2) is 7.86. The summed E-state index contributed by atoms with van der Waals surface area (Å²) in [7, 11) is 0. The van der Waals surface area contributed by atoms with Gasteiger partial charge in [0, 0.05) is 17.9 Å². The van der Waals surface area contributed by atoms with Gasteiger partial charge >= 0.3 is 0 Å². The van der Waals surface area contributed by atoms with Crippen molar-refractivity contribution in [2.75, 3.05) is 0 Å². The van der Waals surface area contributed by atoms with E-state index in [9.17, 15) is 4.79 Å². The molecule has 2 atom stereocenters. The van der Waals surface area contributed by atoms with Crippen LogP contribution in [0.4, 0.5) is 0 Å². The Morgan fingerprint density at radius 3 is 2.24 bits per heavy atom. The molecule has 1 aliphatic carbocycles. The molecule has 0 saturated heterocycles. The normalized spacial score (nSPS) is 21.8. The molecular weight excluding hydrogens is 210 g/mol. The van der Waals surface area contributed by atoms with Crippen LogP contribution in [0.2, 0.25) is 0 Å². The fraction of sp³-hybridized carbons (Fsp3) is 0.933. The number of hydrogen-bond acceptors (Lipinski definition) is 2. The first-order valence-electron chi connectivity index (χ1n) is 7.40. The van der Waals surface area contributed by atoms with Gasteiger partial charge in [0.25, 0.3) is 0 Å². The molecule has 0 spiro atoms. The molecule has 17 heavy (non-hydrogen) atoms. The number of carbonyl (C=O) groups excluding carboxylic acids is 1. The third-order valence-corrected chi connectivity index (χ3v) is 4.04. The molecule has 2 heteroatoms. The van der Waals surface area contributed by atoms with Crippen molar-refractivity contribution in [3.05, 3.63) is 0 Å². The molecule has 0 radical (unpaired) electrons. The fourth-order valence-electron chi connectivity index (χ4n) is 2.85. The Kier molecular flexibility index (Phi) is 6.79. The van der Waals surface area contributed by atoms with Crippen molar-refractivity contribution < 1.29 is 4.79 Å². The molecule has 0 heterocycles. The van der Waals surface area contributed by atoms with Gasteiger partial charge in [-0.15, -0.1) is 0 Å². The maximum atomic E-state index is 12.3. The standard InChI is InChI=1S/C15H29NO/c1-12(8-7-9-13(2)16)15(17)14-10-5-3-4-6-11-14/h12-14H,3-11,16H2,1-2H3. The van der Waals surface area contributed by atoms with E-state index in [1.54, 1.807) is 0 Å². The predicted molar refractivity (Wildman–Crippen MR) is 72.9 cm³/mol. The van der Waals surface area contributed by atoms with E-state index in [-0.39, 0.29) is 12.0 Å². The molecule has 0 aromatic carbocycles. The second-order valence-electron chi connectivity index (χ2n) is 5.90. The zero-order chi connectivity index (χ0) is 12.7. The molecule has 1 saturated carbocycles. The molecule has 1 fully saturated rings. The molecule has 100 valence electrons. The first kappa shape index (κ1) is 14.7. The molecule has 2 unspecified atom stereocenters. The van der Waals surface area contributed by atoms with Gasteiger partial charge in [0.1, 0.15) is 5.78 Å². The highest BCUT2D eigenvalue weighted by atomic mass is 16.1. The summed E-state index contributed by atoms with van der Waals surface area (Å²) in [5.74, 6) is 1.14. The highest BCUT2D eigenvalue weighted by Crippen LogP contribution is 2.27. The van der Waals surface area contributed by atoms with Crippen LogP contribution >= 0.6 is 0 Å². The van der Waals surface area contributed by atoms with Crippen LogP contribution in [0.5, 0.6) is 0 Å². The highest BCUT2D eigenvalue weighted by molar-refractivity contribution is 5.83. The van der Waals surface area contributed by atoms with Gasteiger partial charge in [-0.25, -0.2) is 0 Å². The first-order chi connectivity index (χ1) is 8.11. The van der Waals surface area contributed by atoms with E-state index in [0.717, 1.165) is 32.1 Å². The van der Waals surface area contributed by atoms with Crippen LogP contribution in [0.3, 0.4) is 0 Å². The van der Waals surface area contributed by atoms with Gasteiger partial charge in [0.2, 0.25) is 0 Å². The molecule has 1 rings (SSSR count). The minimum Gasteiger partial charge on any atom is -0.328 e. The average Bonchev–Trinajstić information content (AvgIpc) is 2.55. The summed E-state index contributed by atoms with van der Waals surface area (Å²) in [6.07, 6.45) is 10.6. The third kappa shape index (κ3) is 5.67. The van der Waals surface area contributed by atoms with E-state index in [0.29, 0.717) is 11.7 Å². The van der Waals surface area contributed by atoms with Crippen LogP contribution in [0.25, 0.3) is 0 Å². The molecule has 2 N–H and O–H groups in total. The van der Waals surface area contributed by atoms with Crippen LogP contribution in [-0.4, -0.2) is 11.8 Å². The van der Waals surface area contributed by atoms with Crippen molar-refractivity contribution in [2.45, 2.75) is 77.7 Å². The van der Waals surface area contributed by atoms with Crippen LogP contribution in [-0.2, 0) is 4.79 Å². The molecule has 0 bridgehead atoms. The molecular formula is C15H29NO. The van der Waals surface area contributed by atoms with Crippen LogP contribution < -0.4 is 5.73 Å². The number of rotatable bonds is 6. The van der Waals surface area contributed by atoms with Gasteiger partial charge in [0.15, 0.2) is 0 Å². The lowest BCUT2D eigenvalue weighted by atomic mass is 9.86. The lowest BCUT2D eigenvalue weighted by Crippen LogP contribution is -2.22. The Morgan fingerprint density at radius 2 is 1.71 bits per heavy atom. The van der Waals surface area contributed by atoms with Crippen LogP contribution in [0.15, 0.2) is 0 Å². The van der Waals surface area contributed by atoms with Crippen molar-refractivity contribution in [2.24, 2.45) is 17.6 Å². The Balaban J connectivity index is 2.29. The Labute approximate surface area is 106 Å². The van der Waals surface area contributed by atoms with Gasteiger partial charge in [-0.2, -0.15) is 0 Å². The Morgan fingerprint density at radius 1 is 1.12 bits per heavy atom. The van der Waals surface area contributed by atoms with Gasteiger partial charge in [-0.05, 0) is 32.6 Å². The SMILES string of the molecule is CC(N)CCCC(C)C(=O)C1CCCCCC1. The predicted octanol–water partition coefficient (Wildman–Crippen LogP) is 3.68. The summed E-state index contributed by atoms with van der Waals surface area (Å²) in [6, 6.07) is 0.273. The maximum absolute atomic E-state index is 12.3. The molecule has 0 amide bonds. The second-order valence-corrected chi connectivity index (χ2v) is 5.90. The number of ketones is 1. The fourth-order valence-corrected chi connectivity index (χ4v) is 2.85. The van der Waals surface area contributed by atoms with E-state index in [1.807, 2.05) is 6.92 Å². The van der Waals surface area contributed by atoms with E-state index >= 15 is 0 Å². The van der Waals surface area contributed by atoms with Gasteiger partial charge < -0.3 is 5.73 Å². The van der Waals surface area contributed by atoms with Crippen molar-refractivity contribution in [1.29, 1.82) is 0 Å². The van der Waals surface area contributed by atoms with Gasteiger partial charge in [-0.1, -0.05) is 39.0 Å². The minimum atomic E-state index is 0.247. The Bertz CT molecular complexity index is 217. The summed E-state index contributed by atoms with van der Waals surface area (Å²) in [4.78, 5) is 12.3. The summed E-state index contributed by atoms with van der Waals surface area (Å²) < 4.78 is 0. The van der Waals surface area contributed by atoms with Crippen molar-refractivity contribution in [3.63, 3.8) is 0 Å². The summed E-state index contributed by atoms with van der Waals surface area (Å²) in [5.41, 5.74) is 5.73.